The van der Waals surface area contributed by atoms with E-state index in [4.69, 9.17) is 33.3 Å². The van der Waals surface area contributed by atoms with Crippen LogP contribution in [0.5, 0.6) is 11.5 Å². The Labute approximate surface area is 165 Å². The third-order valence-corrected chi connectivity index (χ3v) is 5.14. The van der Waals surface area contributed by atoms with Crippen molar-refractivity contribution in [2.24, 2.45) is 5.10 Å². The molecule has 3 rings (SSSR count). The number of hydrogen-bond donors (Lipinski definition) is 0. The average molecular weight is 407 g/mol. The lowest BCUT2D eigenvalue weighted by molar-refractivity contribution is -0.123. The fourth-order valence-electron chi connectivity index (χ4n) is 2.21. The molecule has 1 aliphatic heterocycles. The molecule has 0 N–H and O–H groups in total. The molecule has 0 radical (unpaired) electrons. The molecule has 0 spiro atoms. The molecule has 2 aromatic carbocycles. The first-order valence-corrected chi connectivity index (χ1v) is 9.43. The summed E-state index contributed by atoms with van der Waals surface area (Å²) >= 11 is 12.3. The number of rotatable bonds is 6. The van der Waals surface area contributed by atoms with Gasteiger partial charge in [0.15, 0.2) is 15.8 Å². The maximum atomic E-state index is 11.7. The summed E-state index contributed by atoms with van der Waals surface area (Å²) in [7, 11) is 1.57. The van der Waals surface area contributed by atoms with E-state index >= 15 is 0 Å². The molecule has 0 saturated carbocycles. The zero-order chi connectivity index (χ0) is 18.5. The highest BCUT2D eigenvalue weighted by Crippen LogP contribution is 2.29. The highest BCUT2D eigenvalue weighted by Gasteiger charge is 2.25. The van der Waals surface area contributed by atoms with Crippen LogP contribution in [0, 0.1) is 0 Å². The molecule has 1 amide bonds. The number of hydrogen-bond acceptors (Lipinski definition) is 6. The van der Waals surface area contributed by atoms with E-state index in [2.05, 4.69) is 5.10 Å². The summed E-state index contributed by atoms with van der Waals surface area (Å²) in [4.78, 5) is 11.7. The molecular formula is C18H15ClN2O3S2. The highest BCUT2D eigenvalue weighted by molar-refractivity contribution is 8.23. The van der Waals surface area contributed by atoms with Gasteiger partial charge in [-0.1, -0.05) is 47.7 Å². The number of amides is 1. The van der Waals surface area contributed by atoms with Crippen molar-refractivity contribution in [1.82, 2.24) is 5.01 Å². The molecule has 8 heteroatoms. The van der Waals surface area contributed by atoms with Crippen LogP contribution in [0.4, 0.5) is 0 Å². The van der Waals surface area contributed by atoms with Crippen LogP contribution < -0.4 is 9.47 Å². The van der Waals surface area contributed by atoms with Crippen LogP contribution in [-0.4, -0.2) is 34.3 Å². The Morgan fingerprint density at radius 2 is 2.04 bits per heavy atom. The Hall–Kier alpha value is -2.09. The first-order chi connectivity index (χ1) is 12.6. The van der Waals surface area contributed by atoms with E-state index in [0.29, 0.717) is 33.2 Å². The molecule has 134 valence electrons. The molecule has 1 heterocycles. The fraction of sp³-hybridized carbons (Fsp3) is 0.167. The second kappa shape index (κ2) is 8.53. The van der Waals surface area contributed by atoms with Crippen molar-refractivity contribution in [3.05, 3.63) is 58.6 Å². The summed E-state index contributed by atoms with van der Waals surface area (Å²) in [5.41, 5.74) is 1.77. The quantitative estimate of drug-likeness (QED) is 0.533. The van der Waals surface area contributed by atoms with Crippen molar-refractivity contribution in [2.75, 3.05) is 12.9 Å². The number of carbonyl (C=O) groups excluding carboxylic acids is 1. The van der Waals surface area contributed by atoms with Crippen molar-refractivity contribution >= 4 is 52.0 Å². The summed E-state index contributed by atoms with van der Waals surface area (Å²) < 4.78 is 11.7. The molecule has 0 aromatic heterocycles. The van der Waals surface area contributed by atoms with Gasteiger partial charge in [0.05, 0.1) is 19.1 Å². The largest absolute Gasteiger partial charge is 0.493 e. The van der Waals surface area contributed by atoms with Crippen LogP contribution in [0.3, 0.4) is 0 Å². The van der Waals surface area contributed by atoms with Gasteiger partial charge in [-0.3, -0.25) is 4.79 Å². The number of halogens is 1. The molecule has 0 bridgehead atoms. The van der Waals surface area contributed by atoms with Gasteiger partial charge in [0.2, 0.25) is 0 Å². The number of benzene rings is 2. The van der Waals surface area contributed by atoms with E-state index in [9.17, 15) is 4.79 Å². The second-order valence-electron chi connectivity index (χ2n) is 5.33. The number of thioether (sulfide) groups is 1. The van der Waals surface area contributed by atoms with Crippen LogP contribution in [0.1, 0.15) is 11.1 Å². The van der Waals surface area contributed by atoms with Crippen molar-refractivity contribution in [2.45, 2.75) is 6.61 Å². The molecule has 5 nitrogen and oxygen atoms in total. The van der Waals surface area contributed by atoms with E-state index in [1.165, 1.54) is 16.8 Å². The molecule has 1 fully saturated rings. The van der Waals surface area contributed by atoms with Crippen LogP contribution in [0.15, 0.2) is 47.6 Å². The normalized spacial score (nSPS) is 14.3. The first kappa shape index (κ1) is 18.7. The minimum absolute atomic E-state index is 0.119. The second-order valence-corrected chi connectivity index (χ2v) is 7.38. The van der Waals surface area contributed by atoms with E-state index in [0.717, 1.165) is 11.1 Å². The maximum Gasteiger partial charge on any atom is 0.259 e. The van der Waals surface area contributed by atoms with Gasteiger partial charge in [0, 0.05) is 5.02 Å². The van der Waals surface area contributed by atoms with Gasteiger partial charge in [-0.25, -0.2) is 0 Å². The van der Waals surface area contributed by atoms with Crippen molar-refractivity contribution in [3.8, 4) is 11.5 Å². The van der Waals surface area contributed by atoms with Gasteiger partial charge < -0.3 is 9.47 Å². The van der Waals surface area contributed by atoms with E-state index in [-0.39, 0.29) is 5.91 Å². The van der Waals surface area contributed by atoms with Gasteiger partial charge in [-0.05, 0) is 41.5 Å². The predicted octanol–water partition coefficient (Wildman–Crippen LogP) is 4.12. The molecule has 1 saturated heterocycles. The number of methoxy groups -OCH3 is 1. The smallest absolute Gasteiger partial charge is 0.259 e. The van der Waals surface area contributed by atoms with Crippen LogP contribution >= 0.6 is 35.6 Å². The van der Waals surface area contributed by atoms with Gasteiger partial charge in [-0.15, -0.1) is 0 Å². The molecule has 0 aliphatic carbocycles. The molecule has 2 aromatic rings. The minimum atomic E-state index is -0.119. The summed E-state index contributed by atoms with van der Waals surface area (Å²) in [6.45, 7) is 0.398. The highest BCUT2D eigenvalue weighted by atomic mass is 35.5. The van der Waals surface area contributed by atoms with Crippen molar-refractivity contribution in [1.29, 1.82) is 0 Å². The number of ether oxygens (including phenoxy) is 2. The number of hydrazone groups is 1. The maximum absolute atomic E-state index is 11.7. The van der Waals surface area contributed by atoms with Gasteiger partial charge in [-0.2, -0.15) is 10.1 Å². The summed E-state index contributed by atoms with van der Waals surface area (Å²) in [6.07, 6.45) is 1.57. The van der Waals surface area contributed by atoms with Crippen molar-refractivity contribution < 1.29 is 14.3 Å². The third kappa shape index (κ3) is 4.55. The summed E-state index contributed by atoms with van der Waals surface area (Å²) in [6, 6.07) is 12.9. The Bertz CT molecular complexity index is 840. The molecule has 0 atom stereocenters. The topological polar surface area (TPSA) is 51.1 Å². The van der Waals surface area contributed by atoms with E-state index in [1.807, 2.05) is 30.3 Å². The van der Waals surface area contributed by atoms with Gasteiger partial charge in [0.25, 0.3) is 5.91 Å². The Balaban J connectivity index is 1.70. The average Bonchev–Trinajstić information content (AvgIpc) is 2.97. The molecule has 26 heavy (non-hydrogen) atoms. The van der Waals surface area contributed by atoms with Crippen molar-refractivity contribution in [3.63, 3.8) is 0 Å². The SMILES string of the molecule is COc1cc(/C=N\N2C(=O)CSC2=S)ccc1OCc1ccc(Cl)cc1. The molecule has 0 unspecified atom stereocenters. The fourth-order valence-corrected chi connectivity index (χ4v) is 3.30. The summed E-state index contributed by atoms with van der Waals surface area (Å²) in [5.74, 6) is 1.40. The molecular weight excluding hydrogens is 392 g/mol. The number of nitrogens with zero attached hydrogens (tertiary/aromatic N) is 2. The van der Waals surface area contributed by atoms with E-state index < -0.39 is 0 Å². The third-order valence-electron chi connectivity index (χ3n) is 3.55. The van der Waals surface area contributed by atoms with Crippen LogP contribution in [-0.2, 0) is 11.4 Å². The number of carbonyl (C=O) groups is 1. The zero-order valence-electron chi connectivity index (χ0n) is 13.8. The minimum Gasteiger partial charge on any atom is -0.493 e. The lowest BCUT2D eigenvalue weighted by atomic mass is 10.2. The lowest BCUT2D eigenvalue weighted by Crippen LogP contribution is -2.22. The first-order valence-electron chi connectivity index (χ1n) is 7.66. The predicted molar refractivity (Wildman–Crippen MR) is 108 cm³/mol. The van der Waals surface area contributed by atoms with Gasteiger partial charge >= 0.3 is 0 Å². The van der Waals surface area contributed by atoms with Crippen LogP contribution in [0.25, 0.3) is 0 Å². The number of thiocarbonyl (C=S) groups is 1. The Morgan fingerprint density at radius 3 is 2.69 bits per heavy atom. The molecule has 1 aliphatic rings. The zero-order valence-corrected chi connectivity index (χ0v) is 16.2. The van der Waals surface area contributed by atoms with Crippen LogP contribution in [0.2, 0.25) is 5.02 Å². The summed E-state index contributed by atoms with van der Waals surface area (Å²) in [5, 5.41) is 6.07. The monoisotopic (exact) mass is 406 g/mol. The Morgan fingerprint density at radius 1 is 1.27 bits per heavy atom. The van der Waals surface area contributed by atoms with E-state index in [1.54, 1.807) is 25.5 Å². The van der Waals surface area contributed by atoms with Gasteiger partial charge in [0.1, 0.15) is 6.61 Å². The standard InChI is InChI=1S/C18H15ClN2O3S2/c1-23-16-8-13(9-20-21-17(22)11-26-18(21)25)4-7-15(16)24-10-12-2-5-14(19)6-3-12/h2-9H,10-11H2,1H3/b20-9-. The Kier molecular flexibility index (Phi) is 6.13. The lowest BCUT2D eigenvalue weighted by Gasteiger charge is -2.12.